The van der Waals surface area contributed by atoms with Crippen LogP contribution in [0.25, 0.3) is 0 Å². The molecule has 2 aromatic heterocycles. The lowest BCUT2D eigenvalue weighted by molar-refractivity contribution is -0.115. The normalized spacial score (nSPS) is 10.2. The Bertz CT molecular complexity index is 581. The van der Waals surface area contributed by atoms with Gasteiger partial charge in [0, 0.05) is 6.92 Å². The topological polar surface area (TPSA) is 110 Å². The molecule has 0 aromatic carbocycles. The number of hydrogen-bond acceptors (Lipinski definition) is 7. The Morgan fingerprint density at radius 1 is 1.30 bits per heavy atom. The number of amides is 2. The standard InChI is InChI=1S/C11H12N4O4S/c1-7(16)12-10-11(15-19-14-10)13-9(17)6-20-5-8-3-2-4-18-8/h2-4H,5-6H2,1H3,(H,12,14,16)(H,13,15,17). The molecule has 2 rings (SSSR count). The van der Waals surface area contributed by atoms with Crippen LogP contribution in [-0.2, 0) is 15.3 Å². The molecule has 0 atom stereocenters. The van der Waals surface area contributed by atoms with Crippen molar-refractivity contribution < 1.29 is 18.6 Å². The van der Waals surface area contributed by atoms with E-state index in [1.54, 1.807) is 12.3 Å². The third-order valence-corrected chi connectivity index (χ3v) is 3.05. The van der Waals surface area contributed by atoms with Crippen LogP contribution in [-0.4, -0.2) is 27.9 Å². The molecule has 0 unspecified atom stereocenters. The average molecular weight is 296 g/mol. The van der Waals surface area contributed by atoms with Crippen LogP contribution in [0, 0.1) is 0 Å². The summed E-state index contributed by atoms with van der Waals surface area (Å²) in [6.07, 6.45) is 1.58. The monoisotopic (exact) mass is 296 g/mol. The number of thioether (sulfide) groups is 1. The molecule has 2 amide bonds. The van der Waals surface area contributed by atoms with Crippen molar-refractivity contribution in [2.45, 2.75) is 12.7 Å². The van der Waals surface area contributed by atoms with Gasteiger partial charge in [0.25, 0.3) is 0 Å². The minimum absolute atomic E-state index is 0.0851. The third-order valence-electron chi connectivity index (χ3n) is 2.10. The first-order valence-corrected chi connectivity index (χ1v) is 6.80. The zero-order chi connectivity index (χ0) is 14.4. The van der Waals surface area contributed by atoms with Gasteiger partial charge in [-0.2, -0.15) is 0 Å². The van der Waals surface area contributed by atoms with Crippen LogP contribution in [0.2, 0.25) is 0 Å². The van der Waals surface area contributed by atoms with Crippen molar-refractivity contribution in [1.29, 1.82) is 0 Å². The first kappa shape index (κ1) is 14.1. The van der Waals surface area contributed by atoms with Crippen LogP contribution in [0.5, 0.6) is 0 Å². The molecule has 2 heterocycles. The third kappa shape index (κ3) is 4.12. The summed E-state index contributed by atoms with van der Waals surface area (Å²) >= 11 is 1.39. The Morgan fingerprint density at radius 2 is 2.05 bits per heavy atom. The summed E-state index contributed by atoms with van der Waals surface area (Å²) in [6.45, 7) is 1.32. The Labute approximate surface area is 118 Å². The van der Waals surface area contributed by atoms with Crippen molar-refractivity contribution in [3.63, 3.8) is 0 Å². The van der Waals surface area contributed by atoms with Gasteiger partial charge in [0.15, 0.2) is 0 Å². The highest BCUT2D eigenvalue weighted by Gasteiger charge is 2.14. The SMILES string of the molecule is CC(=O)Nc1nonc1NC(=O)CSCc1ccco1. The maximum atomic E-state index is 11.7. The molecule has 0 aliphatic heterocycles. The first-order valence-electron chi connectivity index (χ1n) is 5.65. The molecule has 9 heteroatoms. The summed E-state index contributed by atoms with van der Waals surface area (Å²) in [6, 6.07) is 3.62. The van der Waals surface area contributed by atoms with E-state index < -0.39 is 0 Å². The molecule has 0 spiro atoms. The van der Waals surface area contributed by atoms with Crippen LogP contribution in [0.4, 0.5) is 11.6 Å². The lowest BCUT2D eigenvalue weighted by Crippen LogP contribution is -2.16. The average Bonchev–Trinajstić information content (AvgIpc) is 3.01. The van der Waals surface area contributed by atoms with E-state index in [1.165, 1.54) is 18.7 Å². The number of carbonyl (C=O) groups excluding carboxylic acids is 2. The number of carbonyl (C=O) groups is 2. The van der Waals surface area contributed by atoms with Crippen LogP contribution >= 0.6 is 11.8 Å². The van der Waals surface area contributed by atoms with E-state index in [0.29, 0.717) is 5.75 Å². The summed E-state index contributed by atoms with van der Waals surface area (Å²) in [5.41, 5.74) is 0. The van der Waals surface area contributed by atoms with E-state index in [4.69, 9.17) is 4.42 Å². The van der Waals surface area contributed by atoms with Gasteiger partial charge < -0.3 is 15.1 Å². The van der Waals surface area contributed by atoms with Gasteiger partial charge in [-0.25, -0.2) is 4.63 Å². The van der Waals surface area contributed by atoms with E-state index in [9.17, 15) is 9.59 Å². The van der Waals surface area contributed by atoms with Crippen molar-refractivity contribution in [3.8, 4) is 0 Å². The number of rotatable bonds is 6. The van der Waals surface area contributed by atoms with Crippen LogP contribution < -0.4 is 10.6 Å². The number of nitrogens with zero attached hydrogens (tertiary/aromatic N) is 2. The van der Waals surface area contributed by atoms with Gasteiger partial charge >= 0.3 is 0 Å². The molecule has 20 heavy (non-hydrogen) atoms. The van der Waals surface area contributed by atoms with Crippen molar-refractivity contribution in [2.75, 3.05) is 16.4 Å². The van der Waals surface area contributed by atoms with Gasteiger partial charge in [-0.1, -0.05) is 0 Å². The highest BCUT2D eigenvalue weighted by Crippen LogP contribution is 2.17. The summed E-state index contributed by atoms with van der Waals surface area (Å²) < 4.78 is 9.61. The van der Waals surface area contributed by atoms with Crippen LogP contribution in [0.15, 0.2) is 27.4 Å². The van der Waals surface area contributed by atoms with E-state index in [1.807, 2.05) is 6.07 Å². The Hall–Kier alpha value is -2.29. The van der Waals surface area contributed by atoms with Gasteiger partial charge in [-0.15, -0.1) is 11.8 Å². The number of anilines is 2. The van der Waals surface area contributed by atoms with Crippen molar-refractivity contribution in [1.82, 2.24) is 10.3 Å². The minimum atomic E-state index is -0.330. The van der Waals surface area contributed by atoms with Gasteiger partial charge in [0.2, 0.25) is 23.5 Å². The van der Waals surface area contributed by atoms with Crippen molar-refractivity contribution in [2.24, 2.45) is 0 Å². The zero-order valence-corrected chi connectivity index (χ0v) is 11.4. The van der Waals surface area contributed by atoms with Crippen molar-refractivity contribution in [3.05, 3.63) is 24.2 Å². The lowest BCUT2D eigenvalue weighted by atomic mass is 10.5. The fraction of sp³-hybridized carbons (Fsp3) is 0.273. The molecule has 0 radical (unpaired) electrons. The summed E-state index contributed by atoms with van der Waals surface area (Å²) in [5, 5.41) is 11.9. The number of nitrogens with one attached hydrogen (secondary N) is 2. The molecule has 0 aliphatic carbocycles. The Morgan fingerprint density at radius 3 is 2.70 bits per heavy atom. The Balaban J connectivity index is 1.79. The molecule has 0 saturated heterocycles. The second kappa shape index (κ2) is 6.75. The molecule has 8 nitrogen and oxygen atoms in total. The van der Waals surface area contributed by atoms with E-state index >= 15 is 0 Å². The molecule has 2 aromatic rings. The maximum Gasteiger partial charge on any atom is 0.235 e. The molecule has 106 valence electrons. The zero-order valence-electron chi connectivity index (χ0n) is 10.6. The largest absolute Gasteiger partial charge is 0.468 e. The fourth-order valence-electron chi connectivity index (χ4n) is 1.33. The smallest absolute Gasteiger partial charge is 0.235 e. The Kier molecular flexibility index (Phi) is 4.77. The van der Waals surface area contributed by atoms with Crippen LogP contribution in [0.1, 0.15) is 12.7 Å². The highest BCUT2D eigenvalue weighted by molar-refractivity contribution is 7.99. The van der Waals surface area contributed by atoms with Gasteiger partial charge in [-0.3, -0.25) is 9.59 Å². The quantitative estimate of drug-likeness (QED) is 0.830. The second-order valence-corrected chi connectivity index (χ2v) is 4.75. The molecule has 0 aliphatic rings. The van der Waals surface area contributed by atoms with E-state index in [2.05, 4.69) is 25.6 Å². The lowest BCUT2D eigenvalue weighted by Gasteiger charge is -2.02. The van der Waals surface area contributed by atoms with E-state index in [0.717, 1.165) is 5.76 Å². The minimum Gasteiger partial charge on any atom is -0.468 e. The second-order valence-electron chi connectivity index (χ2n) is 3.76. The summed E-state index contributed by atoms with van der Waals surface area (Å²) in [5.74, 6) is 1.17. The number of furan rings is 1. The molecular weight excluding hydrogens is 284 g/mol. The molecule has 2 N–H and O–H groups in total. The highest BCUT2D eigenvalue weighted by atomic mass is 32.2. The molecule has 0 fully saturated rings. The molecule has 0 bridgehead atoms. The predicted molar refractivity (Wildman–Crippen MR) is 72.1 cm³/mol. The maximum absolute atomic E-state index is 11.7. The van der Waals surface area contributed by atoms with Gasteiger partial charge in [-0.05, 0) is 22.4 Å². The number of aromatic nitrogens is 2. The summed E-state index contributed by atoms with van der Waals surface area (Å²) in [7, 11) is 0. The van der Waals surface area contributed by atoms with Gasteiger partial charge in [0.05, 0.1) is 17.8 Å². The van der Waals surface area contributed by atoms with E-state index in [-0.39, 0.29) is 29.2 Å². The fourth-order valence-corrected chi connectivity index (χ4v) is 2.05. The van der Waals surface area contributed by atoms with Crippen molar-refractivity contribution >= 4 is 35.2 Å². The molecule has 0 saturated carbocycles. The molecular formula is C11H12N4O4S. The number of hydrogen-bond donors (Lipinski definition) is 2. The van der Waals surface area contributed by atoms with Gasteiger partial charge in [0.1, 0.15) is 5.76 Å². The summed E-state index contributed by atoms with van der Waals surface area (Å²) in [4.78, 5) is 22.6. The predicted octanol–water partition coefficient (Wildman–Crippen LogP) is 1.49. The van der Waals surface area contributed by atoms with Crippen LogP contribution in [0.3, 0.4) is 0 Å². The first-order chi connectivity index (χ1) is 9.65.